The van der Waals surface area contributed by atoms with E-state index >= 15 is 0 Å². The van der Waals surface area contributed by atoms with Crippen LogP contribution in [0.3, 0.4) is 0 Å². The first-order valence-corrected chi connectivity index (χ1v) is 8.38. The molecule has 0 bridgehead atoms. The minimum atomic E-state index is 0.532. The molecule has 3 heteroatoms. The second-order valence-electron chi connectivity index (χ2n) is 6.67. The molecule has 0 atom stereocenters. The average Bonchev–Trinajstić information content (AvgIpc) is 3.32. The number of rotatable bonds is 3. The summed E-state index contributed by atoms with van der Waals surface area (Å²) in [6.07, 6.45) is 6.78. The third kappa shape index (κ3) is 2.28. The molecule has 2 heterocycles. The van der Waals surface area contributed by atoms with Crippen LogP contribution in [0.25, 0.3) is 17.0 Å². The van der Waals surface area contributed by atoms with E-state index in [-0.39, 0.29) is 0 Å². The molecule has 2 nitrogen and oxygen atoms in total. The van der Waals surface area contributed by atoms with E-state index in [1.165, 1.54) is 35.0 Å². The van der Waals surface area contributed by atoms with Crippen molar-refractivity contribution in [1.82, 2.24) is 0 Å². The summed E-state index contributed by atoms with van der Waals surface area (Å²) in [5.74, 6) is 3.22. The zero-order valence-corrected chi connectivity index (χ0v) is 13.0. The Morgan fingerprint density at radius 1 is 1.09 bits per heavy atom. The minimum absolute atomic E-state index is 0.532. The molecule has 0 unspecified atom stereocenters. The molecular weight excluding hydrogens is 281 g/mol. The monoisotopic (exact) mass is 299 g/mol. The van der Waals surface area contributed by atoms with Gasteiger partial charge in [0.15, 0.2) is 0 Å². The van der Waals surface area contributed by atoms with Gasteiger partial charge in [-0.15, -0.1) is 0 Å². The Bertz CT molecular complexity index is 893. The average molecular weight is 299 g/mol. The first-order valence-electron chi connectivity index (χ1n) is 8.38. The van der Waals surface area contributed by atoms with Crippen LogP contribution in [0.5, 0.6) is 0 Å². The minimum Gasteiger partial charge on any atom is -0.464 e. The molecule has 0 saturated heterocycles. The Hall–Kier alpha value is -2.42. The molecule has 1 aliphatic carbocycles. The molecule has 1 aromatic heterocycles. The maximum Gasteiger partial charge on any atom is 0.284 e. The molecule has 112 valence electrons. The van der Waals surface area contributed by atoms with Crippen LogP contribution in [0.2, 0.25) is 5.82 Å². The van der Waals surface area contributed by atoms with E-state index in [9.17, 15) is 0 Å². The van der Waals surface area contributed by atoms with Gasteiger partial charge in [0.05, 0.1) is 6.26 Å². The van der Waals surface area contributed by atoms with Gasteiger partial charge >= 0.3 is 0 Å². The van der Waals surface area contributed by atoms with Gasteiger partial charge < -0.3 is 9.23 Å². The number of hydrogen-bond donors (Lipinski definition) is 0. The van der Waals surface area contributed by atoms with Gasteiger partial charge in [0.2, 0.25) is 0 Å². The Morgan fingerprint density at radius 2 is 2.00 bits per heavy atom. The van der Waals surface area contributed by atoms with E-state index in [2.05, 4.69) is 59.3 Å². The summed E-state index contributed by atoms with van der Waals surface area (Å²) in [5.41, 5.74) is 4.99. The van der Waals surface area contributed by atoms with Crippen LogP contribution in [0.1, 0.15) is 24.0 Å². The first kappa shape index (κ1) is 13.1. The molecule has 0 radical (unpaired) electrons. The number of para-hydroxylation sites is 1. The molecule has 0 spiro atoms. The van der Waals surface area contributed by atoms with E-state index < -0.39 is 0 Å². The largest absolute Gasteiger partial charge is 0.464 e. The van der Waals surface area contributed by atoms with E-state index in [0.29, 0.717) is 6.85 Å². The lowest BCUT2D eigenvalue weighted by molar-refractivity contribution is 0.616. The van der Waals surface area contributed by atoms with Gasteiger partial charge in [0, 0.05) is 17.6 Å². The highest BCUT2D eigenvalue weighted by molar-refractivity contribution is 6.71. The Labute approximate surface area is 136 Å². The van der Waals surface area contributed by atoms with Crippen LogP contribution in [0, 0.1) is 0 Å². The van der Waals surface area contributed by atoms with Crippen molar-refractivity contribution in [3.63, 3.8) is 0 Å². The molecule has 1 saturated carbocycles. The summed E-state index contributed by atoms with van der Waals surface area (Å²) in [5, 5.41) is 1.19. The second kappa shape index (κ2) is 5.05. The number of furan rings is 1. The fourth-order valence-corrected chi connectivity index (χ4v) is 3.71. The lowest BCUT2D eigenvalue weighted by Gasteiger charge is -2.34. The van der Waals surface area contributed by atoms with Gasteiger partial charge in [-0.2, -0.15) is 0 Å². The summed E-state index contributed by atoms with van der Waals surface area (Å²) in [7, 11) is 0. The van der Waals surface area contributed by atoms with Crippen molar-refractivity contribution in [2.45, 2.75) is 25.2 Å². The van der Waals surface area contributed by atoms with Crippen molar-refractivity contribution in [1.29, 1.82) is 0 Å². The predicted octanol–water partition coefficient (Wildman–Crippen LogP) is 5.16. The first-order chi connectivity index (χ1) is 11.4. The van der Waals surface area contributed by atoms with Crippen LogP contribution in [-0.4, -0.2) is 6.85 Å². The lowest BCUT2D eigenvalue weighted by Crippen LogP contribution is -2.40. The number of fused-ring (bicyclic) bond motifs is 2. The summed E-state index contributed by atoms with van der Waals surface area (Å²) in [6.45, 7) is 1.48. The maximum absolute atomic E-state index is 5.46. The van der Waals surface area contributed by atoms with Crippen molar-refractivity contribution >= 4 is 29.6 Å². The molecule has 1 fully saturated rings. The maximum atomic E-state index is 5.46. The number of anilines is 1. The van der Waals surface area contributed by atoms with Gasteiger partial charge in [-0.25, -0.2) is 0 Å². The van der Waals surface area contributed by atoms with E-state index in [0.717, 1.165) is 17.9 Å². The summed E-state index contributed by atoms with van der Waals surface area (Å²) in [6, 6.07) is 17.3. The quantitative estimate of drug-likeness (QED) is 0.621. The van der Waals surface area contributed by atoms with Gasteiger partial charge in [-0.1, -0.05) is 49.2 Å². The molecule has 5 rings (SSSR count). The van der Waals surface area contributed by atoms with Crippen LogP contribution >= 0.6 is 0 Å². The molecule has 23 heavy (non-hydrogen) atoms. The van der Waals surface area contributed by atoms with E-state index in [1.54, 1.807) is 6.26 Å². The van der Waals surface area contributed by atoms with Crippen molar-refractivity contribution < 1.29 is 4.42 Å². The smallest absolute Gasteiger partial charge is 0.284 e. The van der Waals surface area contributed by atoms with Crippen LogP contribution in [-0.2, 0) is 6.54 Å². The third-order valence-electron chi connectivity index (χ3n) is 5.05. The highest BCUT2D eigenvalue weighted by Gasteiger charge is 2.39. The fraction of sp³-hybridized carbons (Fsp3) is 0.200. The topological polar surface area (TPSA) is 16.4 Å². The molecule has 2 aromatic carbocycles. The summed E-state index contributed by atoms with van der Waals surface area (Å²) >= 11 is 0. The van der Waals surface area contributed by atoms with Crippen molar-refractivity contribution in [3.05, 3.63) is 71.9 Å². The van der Waals surface area contributed by atoms with E-state index in [1.807, 2.05) is 6.07 Å². The second-order valence-corrected chi connectivity index (χ2v) is 6.67. The third-order valence-corrected chi connectivity index (χ3v) is 5.05. The number of nitrogens with zero attached hydrogens (tertiary/aromatic N) is 1. The number of hydrogen-bond acceptors (Lipinski definition) is 2. The number of benzene rings is 2. The zero-order chi connectivity index (χ0) is 15.2. The van der Waals surface area contributed by atoms with Crippen LogP contribution in [0.15, 0.2) is 65.2 Å². The van der Waals surface area contributed by atoms with Crippen molar-refractivity contribution in [3.8, 4) is 0 Å². The van der Waals surface area contributed by atoms with Crippen LogP contribution in [0.4, 0.5) is 5.69 Å². The molecule has 1 aliphatic heterocycles. The highest BCUT2D eigenvalue weighted by Crippen LogP contribution is 2.44. The predicted molar refractivity (Wildman–Crippen MR) is 96.6 cm³/mol. The molecule has 3 aromatic rings. The summed E-state index contributed by atoms with van der Waals surface area (Å²) < 4.78 is 5.46. The standard InChI is InChI=1S/C20H18BNO/c1-2-4-19-16(3-1)9-11-21(18-6-7-18)22(19)14-15-5-8-20-17(13-15)10-12-23-20/h1-5,8-13,18H,6-7,14H2. The van der Waals surface area contributed by atoms with Gasteiger partial charge in [-0.05, 0) is 41.2 Å². The Kier molecular flexibility index (Phi) is 2.87. The van der Waals surface area contributed by atoms with Gasteiger partial charge in [-0.3, -0.25) is 0 Å². The summed E-state index contributed by atoms with van der Waals surface area (Å²) in [4.78, 5) is 2.58. The Balaban J connectivity index is 1.54. The lowest BCUT2D eigenvalue weighted by atomic mass is 9.53. The SMILES string of the molecule is C1=Cc2ccccc2N(Cc2ccc3occc3c2)B1C1CC1. The van der Waals surface area contributed by atoms with Crippen LogP contribution < -0.4 is 4.81 Å². The highest BCUT2D eigenvalue weighted by atomic mass is 16.3. The van der Waals surface area contributed by atoms with E-state index in [4.69, 9.17) is 4.42 Å². The molecule has 0 amide bonds. The fourth-order valence-electron chi connectivity index (χ4n) is 3.71. The van der Waals surface area contributed by atoms with Crippen molar-refractivity contribution in [2.24, 2.45) is 0 Å². The van der Waals surface area contributed by atoms with Crippen molar-refractivity contribution in [2.75, 3.05) is 4.81 Å². The molecule has 2 aliphatic rings. The Morgan fingerprint density at radius 3 is 2.91 bits per heavy atom. The normalized spacial score (nSPS) is 16.9. The zero-order valence-electron chi connectivity index (χ0n) is 13.0. The van der Waals surface area contributed by atoms with Gasteiger partial charge in [0.1, 0.15) is 5.58 Å². The molecular formula is C20H18BNO. The van der Waals surface area contributed by atoms with Gasteiger partial charge in [0.25, 0.3) is 6.85 Å². The molecule has 0 N–H and O–H groups in total.